The van der Waals surface area contributed by atoms with Gasteiger partial charge in [0.1, 0.15) is 12.0 Å². The van der Waals surface area contributed by atoms with Crippen molar-refractivity contribution in [3.05, 3.63) is 139 Å². The smallest absolute Gasteiger partial charge is 0.147 e. The van der Waals surface area contributed by atoms with E-state index in [2.05, 4.69) is 131 Å². The molecular weight excluding hydrogens is 482 g/mol. The van der Waals surface area contributed by atoms with Crippen LogP contribution >= 0.6 is 11.3 Å². The van der Waals surface area contributed by atoms with E-state index < -0.39 is 0 Å². The molecule has 7 aromatic rings. The lowest BCUT2D eigenvalue weighted by Crippen LogP contribution is -2.27. The van der Waals surface area contributed by atoms with Crippen molar-refractivity contribution in [2.24, 2.45) is 4.99 Å². The van der Waals surface area contributed by atoms with E-state index in [1.165, 1.54) is 42.0 Å². The molecule has 1 unspecified atom stereocenters. The van der Waals surface area contributed by atoms with Crippen molar-refractivity contribution >= 4 is 64.8 Å². The van der Waals surface area contributed by atoms with E-state index in [1.807, 2.05) is 17.4 Å². The van der Waals surface area contributed by atoms with Gasteiger partial charge in [-0.05, 0) is 29.3 Å². The normalized spacial score (nSPS) is 15.6. The van der Waals surface area contributed by atoms with Crippen molar-refractivity contribution in [3.8, 4) is 0 Å². The molecule has 3 nitrogen and oxygen atoms in total. The summed E-state index contributed by atoms with van der Waals surface area (Å²) in [5, 5.41) is 8.87. The Labute approximate surface area is 224 Å². The molecule has 0 aliphatic carbocycles. The van der Waals surface area contributed by atoms with Crippen molar-refractivity contribution in [1.82, 2.24) is 9.88 Å². The lowest BCUT2D eigenvalue weighted by molar-refractivity contribution is 0.660. The zero-order valence-corrected chi connectivity index (χ0v) is 21.3. The average molecular weight is 506 g/mol. The molecule has 1 atom stereocenters. The van der Waals surface area contributed by atoms with Gasteiger partial charge in [-0.25, -0.2) is 4.99 Å². The van der Waals surface area contributed by atoms with Gasteiger partial charge < -0.3 is 5.32 Å². The topological polar surface area (TPSA) is 29.3 Å². The van der Waals surface area contributed by atoms with Crippen LogP contribution in [0.2, 0.25) is 0 Å². The molecule has 4 heteroatoms. The number of rotatable bonds is 2. The second-order valence-electron chi connectivity index (χ2n) is 9.66. The first-order valence-corrected chi connectivity index (χ1v) is 13.7. The quantitative estimate of drug-likeness (QED) is 0.250. The molecule has 0 amide bonds. The van der Waals surface area contributed by atoms with Gasteiger partial charge in [0, 0.05) is 42.7 Å². The number of aliphatic imine (C=N–C) groups is 1. The minimum atomic E-state index is -0.185. The van der Waals surface area contributed by atoms with Crippen LogP contribution in [0.4, 0.5) is 0 Å². The van der Waals surface area contributed by atoms with E-state index in [0.29, 0.717) is 0 Å². The fourth-order valence-corrected chi connectivity index (χ4v) is 6.96. The predicted octanol–water partition coefficient (Wildman–Crippen LogP) is 8.75. The van der Waals surface area contributed by atoms with Crippen molar-refractivity contribution in [2.75, 3.05) is 0 Å². The van der Waals surface area contributed by atoms with Crippen LogP contribution in [0.15, 0.2) is 132 Å². The van der Waals surface area contributed by atoms with E-state index in [1.54, 1.807) is 0 Å². The van der Waals surface area contributed by atoms with Crippen LogP contribution in [0.25, 0.3) is 47.7 Å². The molecule has 38 heavy (non-hydrogen) atoms. The van der Waals surface area contributed by atoms with Crippen LogP contribution < -0.4 is 5.32 Å². The minimum Gasteiger partial charge on any atom is -0.359 e. The van der Waals surface area contributed by atoms with Gasteiger partial charge in [0.25, 0.3) is 0 Å². The van der Waals surface area contributed by atoms with Crippen molar-refractivity contribution in [2.45, 2.75) is 6.17 Å². The number of nitrogens with one attached hydrogen (secondary N) is 1. The first-order valence-electron chi connectivity index (χ1n) is 12.9. The fourth-order valence-electron chi connectivity index (χ4n) is 5.70. The van der Waals surface area contributed by atoms with Crippen molar-refractivity contribution < 1.29 is 0 Å². The Balaban J connectivity index is 1.44. The first kappa shape index (κ1) is 21.4. The van der Waals surface area contributed by atoms with Gasteiger partial charge in [-0.15, -0.1) is 11.3 Å². The van der Waals surface area contributed by atoms with Gasteiger partial charge in [-0.3, -0.25) is 4.57 Å². The molecule has 1 aliphatic heterocycles. The number of thiophene rings is 1. The van der Waals surface area contributed by atoms with Gasteiger partial charge in [-0.1, -0.05) is 103 Å². The molecule has 1 N–H and O–H groups in total. The highest BCUT2D eigenvalue weighted by molar-refractivity contribution is 7.26. The third-order valence-corrected chi connectivity index (χ3v) is 8.64. The molecule has 1 aliphatic rings. The number of allylic oxidation sites excluding steroid dienone is 1. The summed E-state index contributed by atoms with van der Waals surface area (Å²) < 4.78 is 5.00. The lowest BCUT2D eigenvalue weighted by Gasteiger charge is -2.25. The third kappa shape index (κ3) is 3.24. The molecule has 0 saturated carbocycles. The Hall–Kier alpha value is -4.67. The SMILES string of the molecule is C1=C(c2ccccc2)NC(c2ccccc2)N=C1n1c2ccccc2c2c3sc4ccccc4c3ccc21. The monoisotopic (exact) mass is 505 g/mol. The maximum absolute atomic E-state index is 5.29. The predicted molar refractivity (Wildman–Crippen MR) is 162 cm³/mol. The summed E-state index contributed by atoms with van der Waals surface area (Å²) in [6, 6.07) is 43.0. The summed E-state index contributed by atoms with van der Waals surface area (Å²) in [5.41, 5.74) is 5.70. The lowest BCUT2D eigenvalue weighted by atomic mass is 10.1. The molecule has 0 fully saturated rings. The van der Waals surface area contributed by atoms with Crippen LogP contribution in [-0.4, -0.2) is 10.4 Å². The van der Waals surface area contributed by atoms with E-state index in [0.717, 1.165) is 22.7 Å². The summed E-state index contributed by atoms with van der Waals surface area (Å²) in [6.07, 6.45) is 2.01. The maximum atomic E-state index is 5.29. The Morgan fingerprint density at radius 2 is 1.34 bits per heavy atom. The van der Waals surface area contributed by atoms with E-state index in [-0.39, 0.29) is 6.17 Å². The molecule has 8 rings (SSSR count). The molecule has 180 valence electrons. The Morgan fingerprint density at radius 1 is 0.632 bits per heavy atom. The minimum absolute atomic E-state index is 0.185. The zero-order chi connectivity index (χ0) is 25.1. The second kappa shape index (κ2) is 8.44. The second-order valence-corrected chi connectivity index (χ2v) is 10.7. The Morgan fingerprint density at radius 3 is 2.18 bits per heavy atom. The van der Waals surface area contributed by atoms with Crippen LogP contribution in [0.5, 0.6) is 0 Å². The Kier molecular flexibility index (Phi) is 4.76. The number of hydrogen-bond acceptors (Lipinski definition) is 3. The number of aromatic nitrogens is 1. The standard InChI is InChI=1S/C34H23N3S/c1-3-11-22(12-4-1)27-21-31(36-34(35-27)23-13-5-2-6-14-23)37-28-17-9-7-16-26(28)32-29(37)20-19-25-24-15-8-10-18-30(24)38-33(25)32/h1-21,34-35H. The number of nitrogens with zero attached hydrogens (tertiary/aromatic N) is 2. The highest BCUT2D eigenvalue weighted by Gasteiger charge is 2.23. The van der Waals surface area contributed by atoms with Gasteiger partial charge in [-0.2, -0.15) is 0 Å². The molecule has 2 aromatic heterocycles. The van der Waals surface area contributed by atoms with E-state index >= 15 is 0 Å². The average Bonchev–Trinajstić information content (AvgIpc) is 3.53. The van der Waals surface area contributed by atoms with Crippen molar-refractivity contribution in [3.63, 3.8) is 0 Å². The number of para-hydroxylation sites is 1. The molecule has 5 aromatic carbocycles. The van der Waals surface area contributed by atoms with Crippen LogP contribution in [0.3, 0.4) is 0 Å². The van der Waals surface area contributed by atoms with E-state index in [9.17, 15) is 0 Å². The summed E-state index contributed by atoms with van der Waals surface area (Å²) >= 11 is 1.88. The first-order chi connectivity index (χ1) is 18.8. The van der Waals surface area contributed by atoms with Gasteiger partial charge in [0.05, 0.1) is 11.0 Å². The van der Waals surface area contributed by atoms with E-state index in [4.69, 9.17) is 4.99 Å². The Bertz CT molecular complexity index is 2050. The molecule has 0 bridgehead atoms. The van der Waals surface area contributed by atoms with Crippen molar-refractivity contribution in [1.29, 1.82) is 0 Å². The third-order valence-electron chi connectivity index (χ3n) is 7.44. The van der Waals surface area contributed by atoms with Gasteiger partial charge >= 0.3 is 0 Å². The van der Waals surface area contributed by atoms with Crippen LogP contribution in [0.1, 0.15) is 17.3 Å². The van der Waals surface area contributed by atoms with Gasteiger partial charge in [0.2, 0.25) is 0 Å². The number of benzene rings is 5. The zero-order valence-electron chi connectivity index (χ0n) is 20.5. The molecule has 3 heterocycles. The maximum Gasteiger partial charge on any atom is 0.147 e. The summed E-state index contributed by atoms with van der Waals surface area (Å²) in [4.78, 5) is 5.29. The number of fused-ring (bicyclic) bond motifs is 7. The summed E-state index contributed by atoms with van der Waals surface area (Å²) in [5.74, 6) is 0.933. The largest absolute Gasteiger partial charge is 0.359 e. The molecule has 0 spiro atoms. The molecule has 0 radical (unpaired) electrons. The summed E-state index contributed by atoms with van der Waals surface area (Å²) in [6.45, 7) is 0. The number of hydrogen-bond donors (Lipinski definition) is 1. The summed E-state index contributed by atoms with van der Waals surface area (Å²) in [7, 11) is 0. The molecular formula is C34H23N3S. The van der Waals surface area contributed by atoms with Gasteiger partial charge in [0.15, 0.2) is 0 Å². The highest BCUT2D eigenvalue weighted by atomic mass is 32.1. The van der Waals surface area contributed by atoms with Crippen LogP contribution in [-0.2, 0) is 0 Å². The fraction of sp³-hybridized carbons (Fsp3) is 0.0294. The highest BCUT2D eigenvalue weighted by Crippen LogP contribution is 2.42. The molecule has 0 saturated heterocycles. The van der Waals surface area contributed by atoms with Crippen LogP contribution in [0, 0.1) is 0 Å².